The summed E-state index contributed by atoms with van der Waals surface area (Å²) in [4.78, 5) is 25.0. The van der Waals surface area contributed by atoms with Crippen molar-refractivity contribution >= 4 is 22.5 Å². The van der Waals surface area contributed by atoms with E-state index in [0.717, 1.165) is 23.6 Å². The normalized spacial score (nSPS) is 18.0. The Labute approximate surface area is 140 Å². The van der Waals surface area contributed by atoms with Gasteiger partial charge < -0.3 is 10.1 Å². The smallest absolute Gasteiger partial charge is 0.245 e. The maximum atomic E-state index is 12.7. The van der Waals surface area contributed by atoms with E-state index in [2.05, 4.69) is 5.32 Å². The predicted molar refractivity (Wildman–Crippen MR) is 89.4 cm³/mol. The first-order chi connectivity index (χ1) is 11.7. The van der Waals surface area contributed by atoms with Crippen molar-refractivity contribution in [1.82, 2.24) is 5.32 Å². The van der Waals surface area contributed by atoms with Crippen molar-refractivity contribution in [3.05, 3.63) is 48.0 Å². The second kappa shape index (κ2) is 7.24. The Hall–Kier alpha value is -2.71. The number of carbonyl (C=O) groups excluding carboxylic acids is 2. The van der Waals surface area contributed by atoms with E-state index in [1.807, 2.05) is 36.4 Å². The quantitative estimate of drug-likeness (QED) is 0.677. The van der Waals surface area contributed by atoms with Crippen molar-refractivity contribution < 1.29 is 14.3 Å². The molecule has 24 heavy (non-hydrogen) atoms. The third-order valence-electron chi connectivity index (χ3n) is 4.24. The lowest BCUT2D eigenvalue weighted by Gasteiger charge is -2.14. The van der Waals surface area contributed by atoms with Gasteiger partial charge in [-0.25, -0.2) is 0 Å². The van der Waals surface area contributed by atoms with Gasteiger partial charge in [0.05, 0.1) is 12.2 Å². The number of nitriles is 1. The number of amides is 1. The molecule has 1 saturated heterocycles. The summed E-state index contributed by atoms with van der Waals surface area (Å²) >= 11 is 0. The summed E-state index contributed by atoms with van der Waals surface area (Å²) in [5, 5.41) is 13.6. The third-order valence-corrected chi connectivity index (χ3v) is 4.24. The average molecular weight is 322 g/mol. The molecule has 1 aliphatic rings. The zero-order valence-corrected chi connectivity index (χ0v) is 13.2. The van der Waals surface area contributed by atoms with Crippen LogP contribution in [0.15, 0.2) is 42.5 Å². The first kappa shape index (κ1) is 16.2. The molecular formula is C19H18N2O3. The molecule has 0 radical (unpaired) electrons. The summed E-state index contributed by atoms with van der Waals surface area (Å²) in [6.45, 7) is 1.02. The van der Waals surface area contributed by atoms with E-state index in [4.69, 9.17) is 4.74 Å². The highest BCUT2D eigenvalue weighted by Gasteiger charge is 2.29. The van der Waals surface area contributed by atoms with E-state index in [1.165, 1.54) is 0 Å². The lowest BCUT2D eigenvalue weighted by molar-refractivity contribution is -0.122. The van der Waals surface area contributed by atoms with Crippen molar-refractivity contribution in [2.75, 3.05) is 13.2 Å². The largest absolute Gasteiger partial charge is 0.376 e. The van der Waals surface area contributed by atoms with Crippen LogP contribution < -0.4 is 5.32 Å². The summed E-state index contributed by atoms with van der Waals surface area (Å²) in [7, 11) is 0. The van der Waals surface area contributed by atoms with Crippen LogP contribution in [-0.4, -0.2) is 30.9 Å². The molecule has 0 aliphatic carbocycles. The number of ether oxygens (including phenoxy) is 1. The Kier molecular flexibility index (Phi) is 4.88. The van der Waals surface area contributed by atoms with E-state index < -0.39 is 17.6 Å². The Morgan fingerprint density at radius 2 is 2.04 bits per heavy atom. The SMILES string of the molecule is N#C[C@H](C(=O)NC[C@H]1CCCO1)C(=O)c1cccc2ccccc12. The van der Waals surface area contributed by atoms with Crippen LogP contribution in [-0.2, 0) is 9.53 Å². The number of ketones is 1. The van der Waals surface area contributed by atoms with Crippen LogP contribution in [0.2, 0.25) is 0 Å². The Bertz CT molecular complexity index is 798. The maximum absolute atomic E-state index is 12.7. The van der Waals surface area contributed by atoms with Gasteiger partial charge in [-0.1, -0.05) is 42.5 Å². The second-order valence-corrected chi connectivity index (χ2v) is 5.83. The number of rotatable bonds is 5. The minimum atomic E-state index is -1.35. The van der Waals surface area contributed by atoms with Crippen LogP contribution >= 0.6 is 0 Å². The molecule has 5 nitrogen and oxygen atoms in total. The van der Waals surface area contributed by atoms with Gasteiger partial charge in [0.25, 0.3) is 0 Å². The Morgan fingerprint density at radius 3 is 2.79 bits per heavy atom. The first-order valence-corrected chi connectivity index (χ1v) is 8.01. The molecule has 5 heteroatoms. The van der Waals surface area contributed by atoms with E-state index in [0.29, 0.717) is 18.7 Å². The van der Waals surface area contributed by atoms with Gasteiger partial charge in [-0.3, -0.25) is 9.59 Å². The molecule has 0 bridgehead atoms. The topological polar surface area (TPSA) is 79.2 Å². The second-order valence-electron chi connectivity index (χ2n) is 5.83. The fourth-order valence-corrected chi connectivity index (χ4v) is 2.95. The molecule has 2 atom stereocenters. The highest BCUT2D eigenvalue weighted by Crippen LogP contribution is 2.21. The maximum Gasteiger partial charge on any atom is 0.245 e. The van der Waals surface area contributed by atoms with Crippen LogP contribution in [0.4, 0.5) is 0 Å². The summed E-state index contributed by atoms with van der Waals surface area (Å²) < 4.78 is 5.44. The summed E-state index contributed by atoms with van der Waals surface area (Å²) in [5.41, 5.74) is 0.395. The zero-order valence-electron chi connectivity index (χ0n) is 13.2. The van der Waals surface area contributed by atoms with E-state index in [-0.39, 0.29) is 6.10 Å². The van der Waals surface area contributed by atoms with Gasteiger partial charge in [0.15, 0.2) is 11.7 Å². The van der Waals surface area contributed by atoms with E-state index in [9.17, 15) is 14.9 Å². The zero-order chi connectivity index (χ0) is 16.9. The molecule has 0 saturated carbocycles. The third kappa shape index (κ3) is 3.29. The van der Waals surface area contributed by atoms with Crippen LogP contribution in [0, 0.1) is 17.2 Å². The van der Waals surface area contributed by atoms with Crippen molar-refractivity contribution in [3.8, 4) is 6.07 Å². The molecule has 1 amide bonds. The number of hydrogen-bond donors (Lipinski definition) is 1. The summed E-state index contributed by atoms with van der Waals surface area (Å²) in [6, 6.07) is 14.6. The molecule has 2 aromatic carbocycles. The van der Waals surface area contributed by atoms with Gasteiger partial charge in [0.2, 0.25) is 5.91 Å². The number of benzene rings is 2. The fourth-order valence-electron chi connectivity index (χ4n) is 2.95. The predicted octanol–water partition coefficient (Wildman–Crippen LogP) is 2.46. The molecular weight excluding hydrogens is 304 g/mol. The minimum absolute atomic E-state index is 0.0269. The standard InChI is InChI=1S/C19H18N2O3/c20-11-17(19(23)21-12-14-7-4-10-24-14)18(22)16-9-3-6-13-5-1-2-8-15(13)16/h1-3,5-6,8-9,14,17H,4,7,10,12H2,(H,21,23)/t14-,17+/m1/s1. The molecule has 0 aromatic heterocycles. The molecule has 1 aliphatic heterocycles. The summed E-state index contributed by atoms with van der Waals surface area (Å²) in [5.74, 6) is -2.39. The monoisotopic (exact) mass is 322 g/mol. The fraction of sp³-hybridized carbons (Fsp3) is 0.316. The van der Waals surface area contributed by atoms with Gasteiger partial charge in [0.1, 0.15) is 0 Å². The molecule has 3 rings (SSSR count). The van der Waals surface area contributed by atoms with Gasteiger partial charge in [-0.05, 0) is 23.6 Å². The minimum Gasteiger partial charge on any atom is -0.376 e. The molecule has 122 valence electrons. The van der Waals surface area contributed by atoms with Crippen molar-refractivity contribution in [2.45, 2.75) is 18.9 Å². The highest BCUT2D eigenvalue weighted by molar-refractivity contribution is 6.17. The number of nitrogens with one attached hydrogen (secondary N) is 1. The number of hydrogen-bond acceptors (Lipinski definition) is 4. The van der Waals surface area contributed by atoms with Crippen molar-refractivity contribution in [3.63, 3.8) is 0 Å². The highest BCUT2D eigenvalue weighted by atomic mass is 16.5. The van der Waals surface area contributed by atoms with Crippen LogP contribution in [0.5, 0.6) is 0 Å². The Balaban J connectivity index is 1.78. The lowest BCUT2D eigenvalue weighted by atomic mass is 9.93. The molecule has 1 N–H and O–H groups in total. The molecule has 0 unspecified atom stereocenters. The van der Waals surface area contributed by atoms with E-state index >= 15 is 0 Å². The molecule has 0 spiro atoms. The van der Waals surface area contributed by atoms with E-state index in [1.54, 1.807) is 12.1 Å². The lowest BCUT2D eigenvalue weighted by Crippen LogP contribution is -2.38. The molecule has 2 aromatic rings. The Morgan fingerprint density at radius 1 is 1.25 bits per heavy atom. The van der Waals surface area contributed by atoms with Gasteiger partial charge in [-0.2, -0.15) is 5.26 Å². The number of fused-ring (bicyclic) bond motifs is 1. The average Bonchev–Trinajstić information content (AvgIpc) is 3.13. The molecule has 1 heterocycles. The number of carbonyl (C=O) groups is 2. The summed E-state index contributed by atoms with van der Waals surface area (Å²) in [6.07, 6.45) is 1.83. The van der Waals surface area contributed by atoms with Gasteiger partial charge in [0, 0.05) is 18.7 Å². The van der Waals surface area contributed by atoms with Gasteiger partial charge in [-0.15, -0.1) is 0 Å². The van der Waals surface area contributed by atoms with Crippen LogP contribution in [0.25, 0.3) is 10.8 Å². The van der Waals surface area contributed by atoms with Crippen LogP contribution in [0.1, 0.15) is 23.2 Å². The number of nitrogens with zero attached hydrogens (tertiary/aromatic N) is 1. The first-order valence-electron chi connectivity index (χ1n) is 8.01. The van der Waals surface area contributed by atoms with Crippen LogP contribution in [0.3, 0.4) is 0 Å². The van der Waals surface area contributed by atoms with Crippen molar-refractivity contribution in [2.24, 2.45) is 5.92 Å². The number of Topliss-reactive ketones (excluding diaryl/α,β-unsaturated/α-hetero) is 1. The molecule has 1 fully saturated rings. The van der Waals surface area contributed by atoms with Crippen molar-refractivity contribution in [1.29, 1.82) is 5.26 Å². The van der Waals surface area contributed by atoms with Gasteiger partial charge >= 0.3 is 0 Å².